The van der Waals surface area contributed by atoms with E-state index in [1.165, 1.54) is 0 Å². The number of fused-ring (bicyclic) bond motifs is 1. The van der Waals surface area contributed by atoms with Crippen molar-refractivity contribution in [3.05, 3.63) is 59.3 Å². The SMILES string of the molecule is CO[C@H]1COC[C@]1(O)c1ccc(C#Cc2cnc(C)c3cnc(NC(=O)C4CC4)cc23)nc1. The number of carbonyl (C=O) groups is 1. The lowest BCUT2D eigenvalue weighted by atomic mass is 9.92. The molecule has 0 aromatic carbocycles. The molecular weight excluding hydrogens is 420 g/mol. The van der Waals surface area contributed by atoms with Crippen LogP contribution in [0.3, 0.4) is 0 Å². The molecule has 1 aliphatic heterocycles. The molecule has 2 atom stereocenters. The molecule has 1 amide bonds. The lowest BCUT2D eigenvalue weighted by Gasteiger charge is -2.26. The molecule has 8 nitrogen and oxygen atoms in total. The van der Waals surface area contributed by atoms with Gasteiger partial charge in [-0.2, -0.15) is 0 Å². The minimum absolute atomic E-state index is 0.00887. The van der Waals surface area contributed by atoms with E-state index in [0.29, 0.717) is 29.2 Å². The van der Waals surface area contributed by atoms with Crippen LogP contribution in [0.25, 0.3) is 10.8 Å². The highest BCUT2D eigenvalue weighted by Gasteiger charge is 2.44. The van der Waals surface area contributed by atoms with Gasteiger partial charge in [-0.05, 0) is 37.8 Å². The molecule has 3 aromatic heterocycles. The zero-order chi connectivity index (χ0) is 23.0. The van der Waals surface area contributed by atoms with Crippen LogP contribution in [0, 0.1) is 24.7 Å². The third-order valence-corrected chi connectivity index (χ3v) is 6.17. The number of nitrogens with zero attached hydrogens (tertiary/aromatic N) is 3. The van der Waals surface area contributed by atoms with Crippen LogP contribution in [0.4, 0.5) is 5.82 Å². The van der Waals surface area contributed by atoms with E-state index in [1.807, 2.05) is 13.0 Å². The van der Waals surface area contributed by atoms with Gasteiger partial charge in [0, 0.05) is 53.6 Å². The van der Waals surface area contributed by atoms with E-state index >= 15 is 0 Å². The Kier molecular flexibility index (Phi) is 5.54. The molecule has 2 fully saturated rings. The monoisotopic (exact) mass is 444 g/mol. The Morgan fingerprint density at radius 3 is 2.76 bits per heavy atom. The number of methoxy groups -OCH3 is 1. The van der Waals surface area contributed by atoms with Gasteiger partial charge in [-0.25, -0.2) is 9.97 Å². The van der Waals surface area contributed by atoms with Crippen molar-refractivity contribution < 1.29 is 19.4 Å². The van der Waals surface area contributed by atoms with Crippen molar-refractivity contribution >= 4 is 22.5 Å². The fourth-order valence-corrected chi connectivity index (χ4v) is 3.95. The third kappa shape index (κ3) is 4.18. The van der Waals surface area contributed by atoms with Gasteiger partial charge in [0.2, 0.25) is 5.91 Å². The number of anilines is 1. The smallest absolute Gasteiger partial charge is 0.228 e. The van der Waals surface area contributed by atoms with Crippen LogP contribution in [0.15, 0.2) is 36.8 Å². The lowest BCUT2D eigenvalue weighted by molar-refractivity contribution is -0.117. The molecule has 1 saturated carbocycles. The fraction of sp³-hybridized carbons (Fsp3) is 0.360. The molecular formula is C25H24N4O4. The quantitative estimate of drug-likeness (QED) is 0.595. The number of aliphatic hydroxyl groups is 1. The first-order valence-electron chi connectivity index (χ1n) is 10.9. The number of carbonyl (C=O) groups excluding carboxylic acids is 1. The fourth-order valence-electron chi connectivity index (χ4n) is 3.95. The molecule has 3 aromatic rings. The van der Waals surface area contributed by atoms with E-state index in [2.05, 4.69) is 32.1 Å². The van der Waals surface area contributed by atoms with Gasteiger partial charge < -0.3 is 19.9 Å². The summed E-state index contributed by atoms with van der Waals surface area (Å²) in [6.45, 7) is 2.40. The van der Waals surface area contributed by atoms with Gasteiger partial charge in [-0.3, -0.25) is 9.78 Å². The van der Waals surface area contributed by atoms with Crippen molar-refractivity contribution in [1.29, 1.82) is 0 Å². The molecule has 0 spiro atoms. The van der Waals surface area contributed by atoms with Crippen LogP contribution in [0.1, 0.15) is 35.4 Å². The number of hydrogen-bond donors (Lipinski definition) is 2. The van der Waals surface area contributed by atoms with E-state index in [4.69, 9.17) is 9.47 Å². The van der Waals surface area contributed by atoms with Gasteiger partial charge in [-0.1, -0.05) is 12.0 Å². The molecule has 5 rings (SSSR count). The average Bonchev–Trinajstić information content (AvgIpc) is 3.61. The number of nitrogens with one attached hydrogen (secondary N) is 1. The van der Waals surface area contributed by atoms with Crippen molar-refractivity contribution in [1.82, 2.24) is 15.0 Å². The summed E-state index contributed by atoms with van der Waals surface area (Å²) >= 11 is 0. The molecule has 0 unspecified atom stereocenters. The number of hydrogen-bond acceptors (Lipinski definition) is 7. The summed E-state index contributed by atoms with van der Waals surface area (Å²) in [5.41, 5.74) is 1.51. The lowest BCUT2D eigenvalue weighted by Crippen LogP contribution is -2.39. The second kappa shape index (κ2) is 8.52. The molecule has 168 valence electrons. The molecule has 0 radical (unpaired) electrons. The zero-order valence-electron chi connectivity index (χ0n) is 18.5. The summed E-state index contributed by atoms with van der Waals surface area (Å²) < 4.78 is 10.7. The van der Waals surface area contributed by atoms with Gasteiger partial charge in [0.25, 0.3) is 0 Å². The molecule has 2 N–H and O–H groups in total. The first kappa shape index (κ1) is 21.5. The van der Waals surface area contributed by atoms with Crippen molar-refractivity contribution in [3.8, 4) is 11.8 Å². The second-order valence-corrected chi connectivity index (χ2v) is 8.48. The van der Waals surface area contributed by atoms with Gasteiger partial charge >= 0.3 is 0 Å². The maximum atomic E-state index is 12.1. The molecule has 1 aliphatic carbocycles. The Morgan fingerprint density at radius 1 is 1.18 bits per heavy atom. The van der Waals surface area contributed by atoms with Gasteiger partial charge in [0.15, 0.2) is 0 Å². The summed E-state index contributed by atoms with van der Waals surface area (Å²) in [7, 11) is 1.55. The van der Waals surface area contributed by atoms with E-state index < -0.39 is 11.7 Å². The van der Waals surface area contributed by atoms with Gasteiger partial charge in [0.05, 0.1) is 18.8 Å². The predicted molar refractivity (Wildman–Crippen MR) is 121 cm³/mol. The molecule has 33 heavy (non-hydrogen) atoms. The highest BCUT2D eigenvalue weighted by atomic mass is 16.6. The average molecular weight is 444 g/mol. The Labute approximate surface area is 191 Å². The Bertz CT molecular complexity index is 1280. The Hall–Kier alpha value is -3.38. The van der Waals surface area contributed by atoms with E-state index in [1.54, 1.807) is 37.8 Å². The van der Waals surface area contributed by atoms with Crippen molar-refractivity contribution in [2.24, 2.45) is 5.92 Å². The van der Waals surface area contributed by atoms with Crippen LogP contribution in [0.5, 0.6) is 0 Å². The molecule has 4 heterocycles. The highest BCUT2D eigenvalue weighted by molar-refractivity contribution is 5.96. The topological polar surface area (TPSA) is 106 Å². The van der Waals surface area contributed by atoms with Crippen molar-refractivity contribution in [2.75, 3.05) is 25.6 Å². The van der Waals surface area contributed by atoms with Gasteiger partial charge in [-0.15, -0.1) is 0 Å². The largest absolute Gasteiger partial charge is 0.380 e. The summed E-state index contributed by atoms with van der Waals surface area (Å²) in [6, 6.07) is 5.39. The number of rotatable bonds is 4. The number of aromatic nitrogens is 3. The summed E-state index contributed by atoms with van der Waals surface area (Å²) in [5, 5.41) is 15.6. The number of aryl methyl sites for hydroxylation is 1. The predicted octanol–water partition coefficient (Wildman–Crippen LogP) is 2.31. The van der Waals surface area contributed by atoms with Crippen LogP contribution < -0.4 is 5.32 Å². The van der Waals surface area contributed by atoms with Crippen LogP contribution in [0.2, 0.25) is 0 Å². The van der Waals surface area contributed by atoms with Crippen LogP contribution in [-0.4, -0.2) is 52.4 Å². The van der Waals surface area contributed by atoms with Crippen LogP contribution >= 0.6 is 0 Å². The van der Waals surface area contributed by atoms with E-state index in [0.717, 1.165) is 29.3 Å². The maximum absolute atomic E-state index is 12.1. The normalized spacial score (nSPS) is 22.1. The Morgan fingerprint density at radius 2 is 2.03 bits per heavy atom. The van der Waals surface area contributed by atoms with Crippen molar-refractivity contribution in [3.63, 3.8) is 0 Å². The first-order chi connectivity index (χ1) is 16.0. The second-order valence-electron chi connectivity index (χ2n) is 8.48. The minimum atomic E-state index is -1.22. The summed E-state index contributed by atoms with van der Waals surface area (Å²) in [4.78, 5) is 25.3. The number of pyridine rings is 3. The number of ether oxygens (including phenoxy) is 2. The summed E-state index contributed by atoms with van der Waals surface area (Å²) in [6.07, 6.45) is 6.46. The zero-order valence-corrected chi connectivity index (χ0v) is 18.5. The molecule has 1 saturated heterocycles. The van der Waals surface area contributed by atoms with E-state index in [-0.39, 0.29) is 18.4 Å². The van der Waals surface area contributed by atoms with Crippen molar-refractivity contribution in [2.45, 2.75) is 31.5 Å². The highest BCUT2D eigenvalue weighted by Crippen LogP contribution is 2.32. The molecule has 0 bridgehead atoms. The Balaban J connectivity index is 1.43. The third-order valence-electron chi connectivity index (χ3n) is 6.17. The standard InChI is InChI=1S/C25H24N4O4/c1-15-21-12-28-23(29-24(30)16-3-4-16)9-20(21)17(10-26-15)5-7-19-8-6-18(11-27-19)25(31)14-33-13-22(25)32-2/h6,8-12,16,22,31H,3-4,13-14H2,1-2H3,(H,28,29,30)/t22-,25-/m0/s1. The summed E-state index contributed by atoms with van der Waals surface area (Å²) in [5.74, 6) is 6.82. The number of amides is 1. The molecule has 2 aliphatic rings. The maximum Gasteiger partial charge on any atom is 0.228 e. The minimum Gasteiger partial charge on any atom is -0.380 e. The van der Waals surface area contributed by atoms with E-state index in [9.17, 15) is 9.90 Å². The van der Waals surface area contributed by atoms with Crippen LogP contribution in [-0.2, 0) is 19.9 Å². The van der Waals surface area contributed by atoms with Gasteiger partial charge in [0.1, 0.15) is 23.2 Å². The molecule has 8 heteroatoms. The first-order valence-corrected chi connectivity index (χ1v) is 10.9.